The molecule has 0 aromatic heterocycles. The summed E-state index contributed by atoms with van der Waals surface area (Å²) in [6.07, 6.45) is 7.21. The van der Waals surface area contributed by atoms with Crippen LogP contribution in [0.15, 0.2) is 0 Å². The molecule has 0 saturated heterocycles. The summed E-state index contributed by atoms with van der Waals surface area (Å²) in [5, 5.41) is 11.4. The quantitative estimate of drug-likeness (QED) is 0.659. The number of hydrogen-bond donors (Lipinski definition) is 2. The Kier molecular flexibility index (Phi) is 7.61. The molecule has 0 aliphatic carbocycles. The van der Waals surface area contributed by atoms with Crippen LogP contribution in [0.4, 0.5) is 4.79 Å². The third kappa shape index (κ3) is 5.81. The third-order valence-electron chi connectivity index (χ3n) is 2.39. The second-order valence-electron chi connectivity index (χ2n) is 3.70. The lowest BCUT2D eigenvalue weighted by molar-refractivity contribution is -0.139. The van der Waals surface area contributed by atoms with E-state index in [0.29, 0.717) is 13.0 Å². The fourth-order valence-corrected chi connectivity index (χ4v) is 1.34. The molecule has 0 bridgehead atoms. The number of carboxylic acids is 1. The number of nitrogens with zero attached hydrogens (tertiary/aromatic N) is 1. The van der Waals surface area contributed by atoms with E-state index >= 15 is 0 Å². The van der Waals surface area contributed by atoms with Crippen molar-refractivity contribution in [3.63, 3.8) is 0 Å². The van der Waals surface area contributed by atoms with E-state index in [1.807, 2.05) is 6.92 Å². The molecule has 5 heteroatoms. The SMILES string of the molecule is C#CCN(CC)C(=O)NC(CCCC)C(=O)O. The highest BCUT2D eigenvalue weighted by Gasteiger charge is 2.21. The molecule has 96 valence electrons. The molecule has 0 heterocycles. The molecule has 0 rings (SSSR count). The lowest BCUT2D eigenvalue weighted by Crippen LogP contribution is -2.48. The molecular formula is C12H20N2O3. The van der Waals surface area contributed by atoms with Gasteiger partial charge in [-0.1, -0.05) is 25.7 Å². The van der Waals surface area contributed by atoms with Crippen molar-refractivity contribution >= 4 is 12.0 Å². The van der Waals surface area contributed by atoms with Crippen molar-refractivity contribution in [3.8, 4) is 12.3 Å². The molecule has 0 aliphatic rings. The maximum absolute atomic E-state index is 11.7. The van der Waals surface area contributed by atoms with Gasteiger partial charge in [-0.15, -0.1) is 6.42 Å². The number of urea groups is 1. The molecule has 1 unspecified atom stereocenters. The first kappa shape index (κ1) is 15.3. The van der Waals surface area contributed by atoms with Crippen LogP contribution in [0.25, 0.3) is 0 Å². The predicted octanol–water partition coefficient (Wildman–Crippen LogP) is 1.29. The standard InChI is InChI=1S/C12H20N2O3/c1-4-7-8-10(11(15)16)13-12(17)14(6-3)9-5-2/h2,10H,4,6-9H2,1,3H3,(H,13,17)(H,15,16). The van der Waals surface area contributed by atoms with Crippen LogP contribution in [0.1, 0.15) is 33.1 Å². The minimum Gasteiger partial charge on any atom is -0.480 e. The number of carbonyl (C=O) groups excluding carboxylic acids is 1. The fraction of sp³-hybridized carbons (Fsp3) is 0.667. The number of amides is 2. The van der Waals surface area contributed by atoms with Gasteiger partial charge in [0.05, 0.1) is 6.54 Å². The molecule has 0 fully saturated rings. The highest BCUT2D eigenvalue weighted by Crippen LogP contribution is 2.02. The van der Waals surface area contributed by atoms with Crippen LogP contribution in [-0.4, -0.2) is 41.1 Å². The summed E-state index contributed by atoms with van der Waals surface area (Å²) >= 11 is 0. The number of hydrogen-bond acceptors (Lipinski definition) is 2. The van der Waals surface area contributed by atoms with E-state index < -0.39 is 18.0 Å². The van der Waals surface area contributed by atoms with Crippen molar-refractivity contribution in [2.75, 3.05) is 13.1 Å². The average molecular weight is 240 g/mol. The van der Waals surface area contributed by atoms with E-state index in [0.717, 1.165) is 12.8 Å². The van der Waals surface area contributed by atoms with Crippen molar-refractivity contribution in [2.24, 2.45) is 0 Å². The van der Waals surface area contributed by atoms with Gasteiger partial charge in [0, 0.05) is 6.54 Å². The van der Waals surface area contributed by atoms with E-state index in [1.165, 1.54) is 4.90 Å². The van der Waals surface area contributed by atoms with Crippen LogP contribution in [0.3, 0.4) is 0 Å². The van der Waals surface area contributed by atoms with E-state index in [2.05, 4.69) is 11.2 Å². The van der Waals surface area contributed by atoms with Gasteiger partial charge in [-0.3, -0.25) is 0 Å². The zero-order chi connectivity index (χ0) is 13.3. The maximum Gasteiger partial charge on any atom is 0.326 e. The molecule has 2 N–H and O–H groups in total. The Labute approximate surface area is 102 Å². The van der Waals surface area contributed by atoms with E-state index in [1.54, 1.807) is 6.92 Å². The van der Waals surface area contributed by atoms with Gasteiger partial charge in [0.1, 0.15) is 6.04 Å². The summed E-state index contributed by atoms with van der Waals surface area (Å²) in [5.41, 5.74) is 0. The second-order valence-corrected chi connectivity index (χ2v) is 3.70. The summed E-state index contributed by atoms with van der Waals surface area (Å²) in [6.45, 7) is 4.40. The minimum atomic E-state index is -1.01. The second kappa shape index (κ2) is 8.45. The number of nitrogens with one attached hydrogen (secondary N) is 1. The summed E-state index contributed by atoms with van der Waals surface area (Å²) in [4.78, 5) is 24.0. The van der Waals surface area contributed by atoms with Gasteiger partial charge in [-0.25, -0.2) is 9.59 Å². The topological polar surface area (TPSA) is 69.6 Å². The lowest BCUT2D eigenvalue weighted by Gasteiger charge is -2.22. The first-order valence-electron chi connectivity index (χ1n) is 5.78. The molecule has 0 aromatic rings. The Balaban J connectivity index is 4.38. The molecular weight excluding hydrogens is 220 g/mol. The van der Waals surface area contributed by atoms with Crippen molar-refractivity contribution in [3.05, 3.63) is 0 Å². The Morgan fingerprint density at radius 2 is 2.12 bits per heavy atom. The molecule has 2 amide bonds. The van der Waals surface area contributed by atoms with Crippen molar-refractivity contribution in [1.29, 1.82) is 0 Å². The highest BCUT2D eigenvalue weighted by atomic mass is 16.4. The number of aliphatic carboxylic acids is 1. The summed E-state index contributed by atoms with van der Waals surface area (Å²) in [5.74, 6) is 1.35. The largest absolute Gasteiger partial charge is 0.480 e. The molecule has 0 saturated carbocycles. The summed E-state index contributed by atoms with van der Waals surface area (Å²) in [6, 6.07) is -1.26. The summed E-state index contributed by atoms with van der Waals surface area (Å²) in [7, 11) is 0. The number of terminal acetylenes is 1. The maximum atomic E-state index is 11.7. The first-order chi connectivity index (χ1) is 8.06. The van der Waals surface area contributed by atoms with E-state index in [4.69, 9.17) is 11.5 Å². The van der Waals surface area contributed by atoms with Gasteiger partial charge >= 0.3 is 12.0 Å². The van der Waals surface area contributed by atoms with Gasteiger partial charge in [0.15, 0.2) is 0 Å². The number of rotatable bonds is 7. The Morgan fingerprint density at radius 1 is 1.47 bits per heavy atom. The van der Waals surface area contributed by atoms with Crippen molar-refractivity contribution < 1.29 is 14.7 Å². The summed E-state index contributed by atoms with van der Waals surface area (Å²) < 4.78 is 0. The molecule has 1 atom stereocenters. The third-order valence-corrected chi connectivity index (χ3v) is 2.39. The molecule has 0 aliphatic heterocycles. The van der Waals surface area contributed by atoms with Gasteiger partial charge in [-0.2, -0.15) is 0 Å². The molecule has 0 aromatic carbocycles. The highest BCUT2D eigenvalue weighted by molar-refractivity contribution is 5.82. The monoisotopic (exact) mass is 240 g/mol. The Morgan fingerprint density at radius 3 is 2.53 bits per heavy atom. The first-order valence-corrected chi connectivity index (χ1v) is 5.78. The van der Waals surface area contributed by atoms with Crippen LogP contribution in [0.2, 0.25) is 0 Å². The minimum absolute atomic E-state index is 0.183. The van der Waals surface area contributed by atoms with Gasteiger partial charge in [-0.05, 0) is 13.3 Å². The van der Waals surface area contributed by atoms with Gasteiger partial charge < -0.3 is 15.3 Å². The van der Waals surface area contributed by atoms with Gasteiger partial charge in [0.2, 0.25) is 0 Å². The zero-order valence-corrected chi connectivity index (χ0v) is 10.4. The lowest BCUT2D eigenvalue weighted by atomic mass is 10.1. The number of carbonyl (C=O) groups is 2. The fourth-order valence-electron chi connectivity index (χ4n) is 1.34. The van der Waals surface area contributed by atoms with E-state index in [9.17, 15) is 9.59 Å². The Bertz CT molecular complexity index is 297. The van der Waals surface area contributed by atoms with Crippen LogP contribution in [0.5, 0.6) is 0 Å². The number of unbranched alkanes of at least 4 members (excludes halogenated alkanes) is 1. The normalized spacial score (nSPS) is 11.4. The van der Waals surface area contributed by atoms with Crippen LogP contribution >= 0.6 is 0 Å². The molecule has 0 radical (unpaired) electrons. The number of carboxylic acid groups (broad SMARTS) is 1. The molecule has 0 spiro atoms. The van der Waals surface area contributed by atoms with Crippen LogP contribution in [-0.2, 0) is 4.79 Å². The van der Waals surface area contributed by atoms with Crippen LogP contribution in [0, 0.1) is 12.3 Å². The molecule has 17 heavy (non-hydrogen) atoms. The van der Waals surface area contributed by atoms with Crippen LogP contribution < -0.4 is 5.32 Å². The Hall–Kier alpha value is -1.70. The predicted molar refractivity (Wildman–Crippen MR) is 65.6 cm³/mol. The smallest absolute Gasteiger partial charge is 0.326 e. The molecule has 5 nitrogen and oxygen atoms in total. The van der Waals surface area contributed by atoms with Crippen molar-refractivity contribution in [2.45, 2.75) is 39.2 Å². The van der Waals surface area contributed by atoms with E-state index in [-0.39, 0.29) is 6.54 Å². The van der Waals surface area contributed by atoms with Crippen molar-refractivity contribution in [1.82, 2.24) is 10.2 Å². The average Bonchev–Trinajstić information content (AvgIpc) is 2.30. The van der Waals surface area contributed by atoms with Gasteiger partial charge in [0.25, 0.3) is 0 Å². The zero-order valence-electron chi connectivity index (χ0n) is 10.4.